The Labute approximate surface area is 301 Å². The molecule has 0 bridgehead atoms. The molecule has 52 heavy (non-hydrogen) atoms. The lowest BCUT2D eigenvalue weighted by Crippen LogP contribution is -2.49. The number of hydrazine groups is 1. The molecule has 3 aliphatic heterocycles. The van der Waals surface area contributed by atoms with Crippen molar-refractivity contribution in [2.24, 2.45) is 5.92 Å². The number of carboxylic acid groups (broad SMARTS) is 1. The number of hydrogen-bond donors (Lipinski definition) is 2. The number of benzene rings is 2. The number of aliphatic carboxylic acids is 1. The Morgan fingerprint density at radius 2 is 1.69 bits per heavy atom. The molecule has 0 aliphatic carbocycles. The molecule has 5 heterocycles. The largest absolute Gasteiger partial charge is 0.754 e. The van der Waals surface area contributed by atoms with E-state index >= 15 is 8.78 Å². The topological polar surface area (TPSA) is 139 Å². The molecule has 1 unspecified atom stereocenters. The third-order valence-electron chi connectivity index (χ3n) is 10.3. The van der Waals surface area contributed by atoms with Crippen LogP contribution in [0.25, 0.3) is 22.2 Å². The molecule has 276 valence electrons. The zero-order chi connectivity index (χ0) is 36.5. The lowest BCUT2D eigenvalue weighted by atomic mass is 9.96. The van der Waals surface area contributed by atoms with Crippen molar-refractivity contribution in [1.29, 1.82) is 0 Å². The highest BCUT2D eigenvalue weighted by Gasteiger charge is 2.33. The van der Waals surface area contributed by atoms with Crippen LogP contribution in [-0.2, 0) is 16.1 Å². The van der Waals surface area contributed by atoms with Crippen LogP contribution in [0.4, 0.5) is 24.5 Å². The highest BCUT2D eigenvalue weighted by molar-refractivity contribution is 7.80. The number of fused-ring (bicyclic) bond motifs is 1. The summed E-state index contributed by atoms with van der Waals surface area (Å²) in [6, 6.07) is 11.4. The first-order valence-corrected chi connectivity index (χ1v) is 18.4. The second-order valence-corrected chi connectivity index (χ2v) is 14.4. The van der Waals surface area contributed by atoms with Crippen molar-refractivity contribution in [3.05, 3.63) is 77.6 Å². The number of hydrogen-bond acceptors (Lipinski definition) is 9. The van der Waals surface area contributed by atoms with Gasteiger partial charge in [0.25, 0.3) is 0 Å². The molecular weight excluding hydrogens is 700 g/mol. The second kappa shape index (κ2) is 15.3. The second-order valence-electron chi connectivity index (χ2n) is 13.6. The molecule has 4 aromatic rings. The number of nitrogens with one attached hydrogen (secondary N) is 1. The molecule has 3 aliphatic rings. The zero-order valence-electron chi connectivity index (χ0n) is 28.3. The Morgan fingerprint density at radius 1 is 0.962 bits per heavy atom. The van der Waals surface area contributed by atoms with Gasteiger partial charge in [0.1, 0.15) is 23.3 Å². The van der Waals surface area contributed by atoms with Gasteiger partial charge >= 0.3 is 5.97 Å². The number of ketones is 1. The summed E-state index contributed by atoms with van der Waals surface area (Å²) in [5.74, 6) is -3.73. The predicted octanol–water partition coefficient (Wildman–Crippen LogP) is 4.22. The molecule has 7 rings (SSSR count). The standard InChI is InChI=1S/C36H40F3N7O5S/c37-26-9-12-45(21-26)46(52(50)51)31-6-5-30(38)33(34(31)39)35(49)29-19-41-36-28(29)17-25(18-40-36)24-1-3-27(4-2-24)44-15-13-43(14-16-44)20-23-7-10-42(11-8-23)22-32(47)48/h1-6,17-19,23,26H,7-16,20-22H2,(H,40,41)(H,47,48)(H,50,51)/p-1/t26-/m1/s1. The van der Waals surface area contributed by atoms with Gasteiger partial charge in [-0.1, -0.05) is 12.1 Å². The van der Waals surface area contributed by atoms with E-state index in [1.165, 1.54) is 6.20 Å². The van der Waals surface area contributed by atoms with Crippen LogP contribution < -0.4 is 9.31 Å². The number of aromatic nitrogens is 2. The van der Waals surface area contributed by atoms with Crippen molar-refractivity contribution in [2.45, 2.75) is 25.4 Å². The van der Waals surface area contributed by atoms with E-state index in [1.807, 2.05) is 29.2 Å². The van der Waals surface area contributed by atoms with Crippen molar-refractivity contribution in [3.8, 4) is 11.1 Å². The monoisotopic (exact) mass is 738 g/mol. The van der Waals surface area contributed by atoms with Gasteiger partial charge in [0.15, 0.2) is 5.82 Å². The number of piperazine rings is 1. The number of aromatic amines is 1. The van der Waals surface area contributed by atoms with Crippen LogP contribution in [0.2, 0.25) is 0 Å². The molecule has 16 heteroatoms. The van der Waals surface area contributed by atoms with Gasteiger partial charge in [-0.3, -0.25) is 23.6 Å². The van der Waals surface area contributed by atoms with Crippen LogP contribution in [0.3, 0.4) is 0 Å². The Balaban J connectivity index is 1.03. The summed E-state index contributed by atoms with van der Waals surface area (Å²) in [5.41, 5.74) is 1.37. The molecule has 3 saturated heterocycles. The predicted molar refractivity (Wildman–Crippen MR) is 189 cm³/mol. The lowest BCUT2D eigenvalue weighted by Gasteiger charge is -2.39. The number of pyridine rings is 1. The van der Waals surface area contributed by atoms with Gasteiger partial charge in [-0.25, -0.2) is 27.6 Å². The highest BCUT2D eigenvalue weighted by Crippen LogP contribution is 2.33. The van der Waals surface area contributed by atoms with Crippen LogP contribution in [0, 0.1) is 17.6 Å². The molecule has 0 saturated carbocycles. The van der Waals surface area contributed by atoms with E-state index in [-0.39, 0.29) is 31.6 Å². The number of likely N-dealkylation sites (tertiary alicyclic amines) is 1. The number of H-pyrrole nitrogens is 1. The smallest absolute Gasteiger partial charge is 0.317 e. The maximum absolute atomic E-state index is 15.9. The van der Waals surface area contributed by atoms with Gasteiger partial charge < -0.3 is 19.5 Å². The van der Waals surface area contributed by atoms with Gasteiger partial charge in [0.05, 0.1) is 29.9 Å². The van der Waals surface area contributed by atoms with Crippen LogP contribution in [0.1, 0.15) is 35.2 Å². The van der Waals surface area contributed by atoms with Gasteiger partial charge in [0, 0.05) is 73.9 Å². The fraction of sp³-hybridized carbons (Fsp3) is 0.417. The van der Waals surface area contributed by atoms with Crippen LogP contribution in [0.15, 0.2) is 54.9 Å². The van der Waals surface area contributed by atoms with E-state index in [2.05, 4.69) is 19.8 Å². The van der Waals surface area contributed by atoms with Crippen LogP contribution >= 0.6 is 0 Å². The molecule has 0 spiro atoms. The minimum atomic E-state index is -3.06. The molecule has 2 aromatic heterocycles. The van der Waals surface area contributed by atoms with E-state index < -0.39 is 52.1 Å². The average molecular weight is 739 g/mol. The number of carbonyl (C=O) groups excluding carboxylic acids is 1. The van der Waals surface area contributed by atoms with E-state index in [4.69, 9.17) is 5.11 Å². The lowest BCUT2D eigenvalue weighted by molar-refractivity contribution is -0.138. The maximum Gasteiger partial charge on any atom is 0.317 e. The number of carbonyl (C=O) groups is 2. The highest BCUT2D eigenvalue weighted by atomic mass is 32.2. The van der Waals surface area contributed by atoms with Gasteiger partial charge in [-0.15, -0.1) is 0 Å². The van der Waals surface area contributed by atoms with Gasteiger partial charge in [-0.2, -0.15) is 0 Å². The van der Waals surface area contributed by atoms with Crippen LogP contribution in [-0.4, -0.2) is 122 Å². The number of nitrogens with zero attached hydrogens (tertiary/aromatic N) is 6. The fourth-order valence-electron chi connectivity index (χ4n) is 7.51. The summed E-state index contributed by atoms with van der Waals surface area (Å²) in [6.45, 7) is 6.14. The SMILES string of the molecule is O=C(O)CN1CCC(CN2CCN(c3ccc(-c4cnc5[nH]cc(C(=O)c6c(F)ccc(N(N7CC[C@@H](F)C7)S(=O)[O-])c6F)c5c4)cc3)CC2)CC1. The van der Waals surface area contributed by atoms with E-state index in [0.29, 0.717) is 26.9 Å². The summed E-state index contributed by atoms with van der Waals surface area (Å²) in [5, 5.41) is 10.5. The third-order valence-corrected chi connectivity index (χ3v) is 11.0. The van der Waals surface area contributed by atoms with Crippen molar-refractivity contribution in [1.82, 2.24) is 24.8 Å². The Morgan fingerprint density at radius 3 is 2.35 bits per heavy atom. The quantitative estimate of drug-likeness (QED) is 0.170. The Bertz CT molecular complexity index is 1970. The average Bonchev–Trinajstić information content (AvgIpc) is 3.76. The summed E-state index contributed by atoms with van der Waals surface area (Å²) < 4.78 is 69.6. The molecule has 3 fully saturated rings. The third kappa shape index (κ3) is 7.57. The Hall–Kier alpha value is -4.35. The molecule has 0 amide bonds. The van der Waals surface area contributed by atoms with Crippen molar-refractivity contribution in [2.75, 3.05) is 74.8 Å². The van der Waals surface area contributed by atoms with E-state index in [9.17, 15) is 22.7 Å². The molecule has 12 nitrogen and oxygen atoms in total. The first-order chi connectivity index (χ1) is 25.0. The number of alkyl halides is 1. The van der Waals surface area contributed by atoms with Crippen molar-refractivity contribution < 1.29 is 36.6 Å². The molecule has 2 atom stereocenters. The molecule has 2 N–H and O–H groups in total. The normalized spacial score (nSPS) is 20.1. The summed E-state index contributed by atoms with van der Waals surface area (Å²) in [7, 11) is 0. The summed E-state index contributed by atoms with van der Waals surface area (Å²) >= 11 is -3.06. The van der Waals surface area contributed by atoms with Crippen LogP contribution in [0.5, 0.6) is 0 Å². The molecule has 2 aromatic carbocycles. The number of anilines is 2. The fourth-order valence-corrected chi connectivity index (χ4v) is 8.15. The first-order valence-electron chi connectivity index (χ1n) is 17.4. The van der Waals surface area contributed by atoms with Gasteiger partial charge in [0.2, 0.25) is 5.78 Å². The maximum atomic E-state index is 15.9. The number of rotatable bonds is 11. The van der Waals surface area contributed by atoms with Gasteiger partial charge in [-0.05, 0) is 74.2 Å². The zero-order valence-corrected chi connectivity index (χ0v) is 29.2. The number of carboxylic acids is 1. The number of halogens is 3. The van der Waals surface area contributed by atoms with Crippen molar-refractivity contribution in [3.63, 3.8) is 0 Å². The van der Waals surface area contributed by atoms with E-state index in [0.717, 1.165) is 87.0 Å². The van der Waals surface area contributed by atoms with E-state index in [1.54, 1.807) is 12.3 Å². The Kier molecular flexibility index (Phi) is 10.6. The molecular formula is C36H39F3N7O5S-. The summed E-state index contributed by atoms with van der Waals surface area (Å²) in [6.07, 6.45) is 3.73. The first kappa shape index (κ1) is 36.0. The minimum Gasteiger partial charge on any atom is -0.754 e. The van der Waals surface area contributed by atoms with Crippen molar-refractivity contribution >= 4 is 45.4 Å². The molecule has 0 radical (unpaired) electrons. The number of piperidine rings is 1. The minimum absolute atomic E-state index is 0.00316. The summed E-state index contributed by atoms with van der Waals surface area (Å²) in [4.78, 5) is 38.9.